The zero-order valence-corrected chi connectivity index (χ0v) is 14.3. The van der Waals surface area contributed by atoms with E-state index in [2.05, 4.69) is 35.9 Å². The zero-order valence-electron chi connectivity index (χ0n) is 14.3. The summed E-state index contributed by atoms with van der Waals surface area (Å²) in [7, 11) is 0. The van der Waals surface area contributed by atoms with Gasteiger partial charge in [0, 0.05) is 39.3 Å². The molecular weight excluding hydrogens is 262 g/mol. The second-order valence-electron chi connectivity index (χ2n) is 7.49. The molecule has 2 fully saturated rings. The van der Waals surface area contributed by atoms with Crippen molar-refractivity contribution in [1.82, 2.24) is 15.1 Å². The number of aliphatic hydroxyl groups is 1. The summed E-state index contributed by atoms with van der Waals surface area (Å²) in [6, 6.07) is 0. The van der Waals surface area contributed by atoms with Gasteiger partial charge in [-0.25, -0.2) is 0 Å². The Kier molecular flexibility index (Phi) is 6.48. The van der Waals surface area contributed by atoms with Crippen molar-refractivity contribution in [3.63, 3.8) is 0 Å². The Bertz CT molecular complexity index is 298. The lowest BCUT2D eigenvalue weighted by Crippen LogP contribution is -2.60. The molecule has 1 atom stereocenters. The third-order valence-electron chi connectivity index (χ3n) is 4.96. The molecule has 4 heteroatoms. The fraction of sp³-hybridized carbons (Fsp3) is 1.00. The summed E-state index contributed by atoms with van der Waals surface area (Å²) in [5.41, 5.74) is -0.0454. The molecule has 1 aliphatic heterocycles. The number of nitrogens with zero attached hydrogens (tertiary/aromatic N) is 2. The summed E-state index contributed by atoms with van der Waals surface area (Å²) < 4.78 is 0. The van der Waals surface area contributed by atoms with Gasteiger partial charge in [-0.2, -0.15) is 0 Å². The molecule has 1 saturated heterocycles. The first kappa shape index (κ1) is 17.2. The summed E-state index contributed by atoms with van der Waals surface area (Å²) in [6.07, 6.45) is 3.70. The topological polar surface area (TPSA) is 38.7 Å². The summed E-state index contributed by atoms with van der Waals surface area (Å²) in [4.78, 5) is 5.15. The van der Waals surface area contributed by atoms with Gasteiger partial charge in [0.15, 0.2) is 0 Å². The van der Waals surface area contributed by atoms with Gasteiger partial charge in [0.1, 0.15) is 0 Å². The number of rotatable bonds is 9. The van der Waals surface area contributed by atoms with E-state index in [0.29, 0.717) is 5.92 Å². The van der Waals surface area contributed by atoms with Crippen molar-refractivity contribution in [3.05, 3.63) is 0 Å². The quantitative estimate of drug-likeness (QED) is 0.675. The van der Waals surface area contributed by atoms with Gasteiger partial charge < -0.3 is 15.3 Å². The number of hydrogen-bond donors (Lipinski definition) is 2. The average Bonchev–Trinajstić information content (AvgIpc) is 3.30. The lowest BCUT2D eigenvalue weighted by atomic mass is 9.92. The molecule has 1 heterocycles. The van der Waals surface area contributed by atoms with E-state index in [1.165, 1.54) is 32.5 Å². The second-order valence-corrected chi connectivity index (χ2v) is 7.49. The van der Waals surface area contributed by atoms with Crippen molar-refractivity contribution in [2.45, 2.75) is 45.6 Å². The minimum absolute atomic E-state index is 0.0454. The highest BCUT2D eigenvalue weighted by molar-refractivity contribution is 5.03. The molecule has 1 unspecified atom stereocenters. The van der Waals surface area contributed by atoms with Crippen LogP contribution in [0.25, 0.3) is 0 Å². The minimum Gasteiger partial charge on any atom is -0.394 e. The van der Waals surface area contributed by atoms with E-state index in [9.17, 15) is 5.11 Å². The SMILES string of the molecule is CCCNC(CO)(CN1CCN(CC(C)C)CC1)C1CC1. The summed E-state index contributed by atoms with van der Waals surface area (Å²) in [5.74, 6) is 1.44. The van der Waals surface area contributed by atoms with E-state index in [1.807, 2.05) is 0 Å². The summed E-state index contributed by atoms with van der Waals surface area (Å²) >= 11 is 0. The van der Waals surface area contributed by atoms with Gasteiger partial charge in [0.05, 0.1) is 12.1 Å². The maximum absolute atomic E-state index is 10.0. The summed E-state index contributed by atoms with van der Waals surface area (Å²) in [6.45, 7) is 15.0. The molecule has 0 radical (unpaired) electrons. The molecule has 1 aliphatic carbocycles. The molecule has 0 amide bonds. The van der Waals surface area contributed by atoms with Gasteiger partial charge in [-0.3, -0.25) is 4.90 Å². The molecule has 2 aliphatic rings. The molecule has 2 N–H and O–H groups in total. The molecule has 4 nitrogen and oxygen atoms in total. The van der Waals surface area contributed by atoms with Gasteiger partial charge >= 0.3 is 0 Å². The average molecular weight is 297 g/mol. The van der Waals surface area contributed by atoms with Gasteiger partial charge in [-0.1, -0.05) is 20.8 Å². The third-order valence-corrected chi connectivity index (χ3v) is 4.96. The van der Waals surface area contributed by atoms with Gasteiger partial charge in [0.25, 0.3) is 0 Å². The minimum atomic E-state index is -0.0454. The molecule has 0 aromatic carbocycles. The van der Waals surface area contributed by atoms with Crippen molar-refractivity contribution in [1.29, 1.82) is 0 Å². The molecule has 124 valence electrons. The molecule has 0 aromatic heterocycles. The van der Waals surface area contributed by atoms with Crippen molar-refractivity contribution in [2.24, 2.45) is 11.8 Å². The highest BCUT2D eigenvalue weighted by Gasteiger charge is 2.45. The van der Waals surface area contributed by atoms with Crippen LogP contribution in [-0.4, -0.2) is 72.9 Å². The normalized spacial score (nSPS) is 24.4. The van der Waals surface area contributed by atoms with Crippen LogP contribution in [0.5, 0.6) is 0 Å². The van der Waals surface area contributed by atoms with Crippen LogP contribution in [0, 0.1) is 11.8 Å². The number of piperazine rings is 1. The van der Waals surface area contributed by atoms with Crippen LogP contribution in [-0.2, 0) is 0 Å². The van der Waals surface area contributed by atoms with E-state index < -0.39 is 0 Å². The van der Waals surface area contributed by atoms with Crippen molar-refractivity contribution in [2.75, 3.05) is 52.4 Å². The van der Waals surface area contributed by atoms with E-state index in [4.69, 9.17) is 0 Å². The number of hydrogen-bond acceptors (Lipinski definition) is 4. The van der Waals surface area contributed by atoms with E-state index >= 15 is 0 Å². The standard InChI is InChI=1S/C17H35N3O/c1-4-7-18-17(14-21,16-5-6-16)13-20-10-8-19(9-11-20)12-15(2)3/h15-16,18,21H,4-14H2,1-3H3. The van der Waals surface area contributed by atoms with Crippen LogP contribution >= 0.6 is 0 Å². The molecule has 0 bridgehead atoms. The summed E-state index contributed by atoms with van der Waals surface area (Å²) in [5, 5.41) is 13.7. The highest BCUT2D eigenvalue weighted by atomic mass is 16.3. The first-order valence-electron chi connectivity index (χ1n) is 8.90. The zero-order chi connectivity index (χ0) is 15.3. The Balaban J connectivity index is 1.84. The molecule has 0 aromatic rings. The van der Waals surface area contributed by atoms with Crippen LogP contribution < -0.4 is 5.32 Å². The Morgan fingerprint density at radius 3 is 2.24 bits per heavy atom. The molecule has 0 spiro atoms. The second kappa shape index (κ2) is 7.91. The third kappa shape index (κ3) is 4.92. The Morgan fingerprint density at radius 2 is 1.76 bits per heavy atom. The smallest absolute Gasteiger partial charge is 0.0628 e. The van der Waals surface area contributed by atoms with Gasteiger partial charge in [0.2, 0.25) is 0 Å². The first-order chi connectivity index (χ1) is 10.1. The number of nitrogens with one attached hydrogen (secondary N) is 1. The number of aliphatic hydroxyl groups excluding tert-OH is 1. The molecule has 1 saturated carbocycles. The van der Waals surface area contributed by atoms with E-state index in [0.717, 1.165) is 38.5 Å². The van der Waals surface area contributed by atoms with Crippen molar-refractivity contribution < 1.29 is 5.11 Å². The Hall–Kier alpha value is -0.160. The predicted octanol–water partition coefficient (Wildman–Crippen LogP) is 1.40. The molecule has 21 heavy (non-hydrogen) atoms. The first-order valence-corrected chi connectivity index (χ1v) is 8.90. The van der Waals surface area contributed by atoms with Gasteiger partial charge in [-0.15, -0.1) is 0 Å². The Labute approximate surface area is 130 Å². The lowest BCUT2D eigenvalue weighted by Gasteiger charge is -2.42. The lowest BCUT2D eigenvalue weighted by molar-refractivity contribution is 0.0571. The van der Waals surface area contributed by atoms with E-state index in [1.54, 1.807) is 0 Å². The van der Waals surface area contributed by atoms with Crippen molar-refractivity contribution >= 4 is 0 Å². The molecular formula is C17H35N3O. The maximum atomic E-state index is 10.0. The van der Waals surface area contributed by atoms with Crippen LogP contribution in [0.4, 0.5) is 0 Å². The largest absolute Gasteiger partial charge is 0.394 e. The fourth-order valence-electron chi connectivity index (χ4n) is 3.62. The monoisotopic (exact) mass is 297 g/mol. The fourth-order valence-corrected chi connectivity index (χ4v) is 3.62. The maximum Gasteiger partial charge on any atom is 0.0628 e. The van der Waals surface area contributed by atoms with Crippen LogP contribution in [0.15, 0.2) is 0 Å². The van der Waals surface area contributed by atoms with E-state index in [-0.39, 0.29) is 12.1 Å². The van der Waals surface area contributed by atoms with Crippen LogP contribution in [0.1, 0.15) is 40.0 Å². The van der Waals surface area contributed by atoms with Crippen LogP contribution in [0.3, 0.4) is 0 Å². The molecule has 2 rings (SSSR count). The Morgan fingerprint density at radius 1 is 1.14 bits per heavy atom. The van der Waals surface area contributed by atoms with Crippen LogP contribution in [0.2, 0.25) is 0 Å². The van der Waals surface area contributed by atoms with Crippen molar-refractivity contribution in [3.8, 4) is 0 Å². The highest BCUT2D eigenvalue weighted by Crippen LogP contribution is 2.40. The van der Waals surface area contributed by atoms with Gasteiger partial charge in [-0.05, 0) is 37.6 Å². The predicted molar refractivity (Wildman–Crippen MR) is 88.6 cm³/mol.